The Morgan fingerprint density at radius 3 is 2.62 bits per heavy atom. The van der Waals surface area contributed by atoms with Gasteiger partial charge >= 0.3 is 0 Å². The summed E-state index contributed by atoms with van der Waals surface area (Å²) in [6.07, 6.45) is 3.69. The second-order valence-electron chi connectivity index (χ2n) is 6.91. The van der Waals surface area contributed by atoms with Gasteiger partial charge in [0, 0.05) is 24.6 Å². The molecule has 0 aromatic heterocycles. The summed E-state index contributed by atoms with van der Waals surface area (Å²) in [4.78, 5) is 0. The molecular formula is C20H22FNO2. The molecule has 4 heteroatoms. The first-order valence-electron chi connectivity index (χ1n) is 8.60. The molecule has 0 saturated heterocycles. The van der Waals surface area contributed by atoms with Gasteiger partial charge in [-0.3, -0.25) is 0 Å². The minimum absolute atomic E-state index is 0.0349. The maximum atomic E-state index is 13.0. The van der Waals surface area contributed by atoms with E-state index in [0.717, 1.165) is 36.1 Å². The number of ether oxygens (including phenoxy) is 1. The normalized spacial score (nSPS) is 22.3. The number of halogens is 1. The Morgan fingerprint density at radius 2 is 1.92 bits per heavy atom. The summed E-state index contributed by atoms with van der Waals surface area (Å²) >= 11 is 0. The Labute approximate surface area is 141 Å². The van der Waals surface area contributed by atoms with Crippen molar-refractivity contribution < 1.29 is 14.2 Å². The van der Waals surface area contributed by atoms with Crippen molar-refractivity contribution in [3.05, 3.63) is 65.5 Å². The van der Waals surface area contributed by atoms with Crippen LogP contribution in [0.2, 0.25) is 0 Å². The SMILES string of the molecule is OC(CNC1CC2(CCC2)Oc2ccccc21)c1ccc(F)cc1. The summed E-state index contributed by atoms with van der Waals surface area (Å²) in [5.74, 6) is 0.668. The van der Waals surface area contributed by atoms with E-state index in [2.05, 4.69) is 11.4 Å². The van der Waals surface area contributed by atoms with Crippen LogP contribution in [0.15, 0.2) is 48.5 Å². The molecule has 0 bridgehead atoms. The van der Waals surface area contributed by atoms with E-state index < -0.39 is 6.10 Å². The Balaban J connectivity index is 1.48. The van der Waals surface area contributed by atoms with Crippen molar-refractivity contribution in [3.8, 4) is 5.75 Å². The summed E-state index contributed by atoms with van der Waals surface area (Å²) < 4.78 is 19.3. The molecule has 3 nitrogen and oxygen atoms in total. The standard InChI is InChI=1S/C20H22FNO2/c21-15-8-6-14(7-9-15)18(23)13-22-17-12-20(10-3-11-20)24-19-5-2-1-4-16(17)19/h1-2,4-9,17-18,22-23H,3,10-13H2. The minimum Gasteiger partial charge on any atom is -0.487 e. The summed E-state index contributed by atoms with van der Waals surface area (Å²) in [6.45, 7) is 0.431. The van der Waals surface area contributed by atoms with Crippen LogP contribution in [-0.4, -0.2) is 17.3 Å². The molecule has 126 valence electrons. The van der Waals surface area contributed by atoms with Crippen molar-refractivity contribution in [3.63, 3.8) is 0 Å². The van der Waals surface area contributed by atoms with Crippen LogP contribution in [0.3, 0.4) is 0 Å². The van der Waals surface area contributed by atoms with E-state index in [4.69, 9.17) is 4.74 Å². The van der Waals surface area contributed by atoms with Gasteiger partial charge in [-0.15, -0.1) is 0 Å². The van der Waals surface area contributed by atoms with Gasteiger partial charge in [0.05, 0.1) is 6.10 Å². The molecule has 0 radical (unpaired) electrons. The van der Waals surface area contributed by atoms with Gasteiger partial charge in [0.2, 0.25) is 0 Å². The van der Waals surface area contributed by atoms with Crippen LogP contribution >= 0.6 is 0 Å². The van der Waals surface area contributed by atoms with Gasteiger partial charge in [0.1, 0.15) is 17.2 Å². The van der Waals surface area contributed by atoms with Crippen molar-refractivity contribution >= 4 is 0 Å². The van der Waals surface area contributed by atoms with Crippen molar-refractivity contribution in [2.75, 3.05) is 6.54 Å². The number of aliphatic hydroxyl groups excluding tert-OH is 1. The van der Waals surface area contributed by atoms with Gasteiger partial charge in [0.15, 0.2) is 0 Å². The molecule has 2 N–H and O–H groups in total. The predicted octanol–water partition coefficient (Wildman–Crippen LogP) is 3.90. The maximum absolute atomic E-state index is 13.0. The van der Waals surface area contributed by atoms with E-state index in [1.54, 1.807) is 12.1 Å². The fraction of sp³-hybridized carbons (Fsp3) is 0.400. The van der Waals surface area contributed by atoms with E-state index >= 15 is 0 Å². The topological polar surface area (TPSA) is 41.5 Å². The van der Waals surface area contributed by atoms with Crippen molar-refractivity contribution in [2.45, 2.75) is 43.4 Å². The Hall–Kier alpha value is -1.91. The van der Waals surface area contributed by atoms with E-state index in [1.165, 1.54) is 18.6 Å². The molecule has 4 rings (SSSR count). The number of nitrogens with one attached hydrogen (secondary N) is 1. The number of hydrogen-bond acceptors (Lipinski definition) is 3. The first-order chi connectivity index (χ1) is 11.7. The van der Waals surface area contributed by atoms with Gasteiger partial charge in [-0.2, -0.15) is 0 Å². The van der Waals surface area contributed by atoms with Crippen LogP contribution in [0.25, 0.3) is 0 Å². The molecule has 0 amide bonds. The average Bonchev–Trinajstić information content (AvgIpc) is 2.58. The number of para-hydroxylation sites is 1. The highest BCUT2D eigenvalue weighted by Gasteiger charge is 2.45. The number of fused-ring (bicyclic) bond motifs is 1. The van der Waals surface area contributed by atoms with Crippen LogP contribution in [0, 0.1) is 5.82 Å². The van der Waals surface area contributed by atoms with E-state index in [-0.39, 0.29) is 17.5 Å². The first kappa shape index (κ1) is 15.6. The zero-order valence-corrected chi connectivity index (χ0v) is 13.5. The molecule has 24 heavy (non-hydrogen) atoms. The molecule has 1 heterocycles. The number of hydrogen-bond donors (Lipinski definition) is 2. The predicted molar refractivity (Wildman–Crippen MR) is 90.4 cm³/mol. The number of benzene rings is 2. The molecule has 1 aliphatic carbocycles. The summed E-state index contributed by atoms with van der Waals surface area (Å²) in [7, 11) is 0. The second-order valence-corrected chi connectivity index (χ2v) is 6.91. The summed E-state index contributed by atoms with van der Waals surface area (Å²) in [6, 6.07) is 14.3. The van der Waals surface area contributed by atoms with Gasteiger partial charge in [0.25, 0.3) is 0 Å². The Kier molecular flexibility index (Phi) is 4.02. The molecule has 2 aromatic rings. The van der Waals surface area contributed by atoms with Crippen LogP contribution in [0.5, 0.6) is 5.75 Å². The lowest BCUT2D eigenvalue weighted by molar-refractivity contribution is -0.0379. The lowest BCUT2D eigenvalue weighted by Crippen LogP contribution is -2.49. The Bertz CT molecular complexity index is 712. The summed E-state index contributed by atoms with van der Waals surface area (Å²) in [5, 5.41) is 13.9. The zero-order chi connectivity index (χ0) is 16.6. The molecule has 1 saturated carbocycles. The largest absolute Gasteiger partial charge is 0.487 e. The number of rotatable bonds is 4. The molecule has 1 spiro atoms. The van der Waals surface area contributed by atoms with Crippen molar-refractivity contribution in [2.24, 2.45) is 0 Å². The fourth-order valence-corrected chi connectivity index (χ4v) is 3.73. The van der Waals surface area contributed by atoms with Gasteiger partial charge in [-0.25, -0.2) is 4.39 Å². The van der Waals surface area contributed by atoms with Crippen molar-refractivity contribution in [1.82, 2.24) is 5.32 Å². The highest BCUT2D eigenvalue weighted by molar-refractivity contribution is 5.39. The zero-order valence-electron chi connectivity index (χ0n) is 13.5. The fourth-order valence-electron chi connectivity index (χ4n) is 3.73. The van der Waals surface area contributed by atoms with Gasteiger partial charge < -0.3 is 15.2 Å². The monoisotopic (exact) mass is 327 g/mol. The third-order valence-corrected chi connectivity index (χ3v) is 5.27. The Morgan fingerprint density at radius 1 is 1.17 bits per heavy atom. The van der Waals surface area contributed by atoms with Crippen LogP contribution < -0.4 is 10.1 Å². The highest BCUT2D eigenvalue weighted by atomic mass is 19.1. The van der Waals surface area contributed by atoms with Crippen LogP contribution in [0.4, 0.5) is 4.39 Å². The van der Waals surface area contributed by atoms with Crippen LogP contribution in [0.1, 0.15) is 49.0 Å². The minimum atomic E-state index is -0.655. The maximum Gasteiger partial charge on any atom is 0.124 e. The van der Waals surface area contributed by atoms with E-state index in [0.29, 0.717) is 6.54 Å². The molecule has 1 fully saturated rings. The summed E-state index contributed by atoms with van der Waals surface area (Å²) in [5.41, 5.74) is 1.84. The quantitative estimate of drug-likeness (QED) is 0.895. The van der Waals surface area contributed by atoms with E-state index in [1.807, 2.05) is 18.2 Å². The molecular weight excluding hydrogens is 305 g/mol. The first-order valence-corrected chi connectivity index (χ1v) is 8.60. The lowest BCUT2D eigenvalue weighted by Gasteiger charge is -2.48. The third kappa shape index (κ3) is 2.92. The molecule has 2 atom stereocenters. The second kappa shape index (κ2) is 6.19. The van der Waals surface area contributed by atoms with Crippen LogP contribution in [-0.2, 0) is 0 Å². The molecule has 2 aliphatic rings. The third-order valence-electron chi connectivity index (χ3n) is 5.27. The smallest absolute Gasteiger partial charge is 0.124 e. The van der Waals surface area contributed by atoms with E-state index in [9.17, 15) is 9.50 Å². The average molecular weight is 327 g/mol. The van der Waals surface area contributed by atoms with Gasteiger partial charge in [-0.1, -0.05) is 30.3 Å². The van der Waals surface area contributed by atoms with Crippen molar-refractivity contribution in [1.29, 1.82) is 0 Å². The molecule has 1 aliphatic heterocycles. The lowest BCUT2D eigenvalue weighted by atomic mass is 9.73. The highest BCUT2D eigenvalue weighted by Crippen LogP contribution is 2.48. The molecule has 2 aromatic carbocycles. The molecule has 2 unspecified atom stereocenters. The van der Waals surface area contributed by atoms with Gasteiger partial charge in [-0.05, 0) is 43.0 Å². The number of aliphatic hydroxyl groups is 1.